The van der Waals surface area contributed by atoms with Gasteiger partial charge in [0.25, 0.3) is 10.1 Å². The summed E-state index contributed by atoms with van der Waals surface area (Å²) in [5.74, 6) is -1.13. The second-order valence-corrected chi connectivity index (χ2v) is 6.78. The predicted molar refractivity (Wildman–Crippen MR) is 67.2 cm³/mol. The summed E-state index contributed by atoms with van der Waals surface area (Å²) in [6.45, 7) is 10.7. The van der Waals surface area contributed by atoms with E-state index in [2.05, 4.69) is 11.9 Å². The SMILES string of the molecule is C=CC(=O)NC(C(C)CS(=O)(=O)O)C(C)(C)C. The second kappa shape index (κ2) is 5.64. The molecule has 0 saturated carbocycles. The molecule has 0 radical (unpaired) electrons. The van der Waals surface area contributed by atoms with Crippen LogP contribution in [0.15, 0.2) is 12.7 Å². The Bertz CT molecular complexity index is 381. The smallest absolute Gasteiger partial charge is 0.265 e. The molecular formula is C11H21NO4S. The van der Waals surface area contributed by atoms with Crippen molar-refractivity contribution in [3.05, 3.63) is 12.7 Å². The first kappa shape index (κ1) is 16.1. The van der Waals surface area contributed by atoms with Gasteiger partial charge in [-0.25, -0.2) is 0 Å². The summed E-state index contributed by atoms with van der Waals surface area (Å²) in [7, 11) is -4.05. The summed E-state index contributed by atoms with van der Waals surface area (Å²) in [4.78, 5) is 11.3. The number of rotatable bonds is 5. The molecule has 0 bridgehead atoms. The number of nitrogens with one attached hydrogen (secondary N) is 1. The van der Waals surface area contributed by atoms with E-state index in [9.17, 15) is 13.2 Å². The molecule has 0 heterocycles. The maximum Gasteiger partial charge on any atom is 0.265 e. The number of carbonyl (C=O) groups is 1. The van der Waals surface area contributed by atoms with E-state index < -0.39 is 16.0 Å². The highest BCUT2D eigenvalue weighted by Crippen LogP contribution is 2.26. The first-order valence-electron chi connectivity index (χ1n) is 5.35. The lowest BCUT2D eigenvalue weighted by molar-refractivity contribution is -0.118. The molecule has 0 spiro atoms. The minimum absolute atomic E-state index is 0.317. The third-order valence-corrected chi connectivity index (χ3v) is 3.41. The molecule has 0 aliphatic rings. The summed E-state index contributed by atoms with van der Waals surface area (Å²) in [5, 5.41) is 2.70. The molecule has 0 saturated heterocycles. The highest BCUT2D eigenvalue weighted by Gasteiger charge is 2.32. The van der Waals surface area contributed by atoms with Crippen molar-refractivity contribution < 1.29 is 17.8 Å². The van der Waals surface area contributed by atoms with Crippen LogP contribution >= 0.6 is 0 Å². The summed E-state index contributed by atoms with van der Waals surface area (Å²) < 4.78 is 30.5. The fourth-order valence-electron chi connectivity index (χ4n) is 1.85. The van der Waals surface area contributed by atoms with Gasteiger partial charge in [-0.15, -0.1) is 0 Å². The Balaban J connectivity index is 4.93. The fourth-order valence-corrected chi connectivity index (χ4v) is 2.71. The Labute approximate surface area is 103 Å². The van der Waals surface area contributed by atoms with E-state index in [1.165, 1.54) is 0 Å². The average Bonchev–Trinajstić information content (AvgIpc) is 2.08. The van der Waals surface area contributed by atoms with E-state index in [1.54, 1.807) is 6.92 Å². The van der Waals surface area contributed by atoms with Crippen molar-refractivity contribution in [1.29, 1.82) is 0 Å². The summed E-state index contributed by atoms with van der Waals surface area (Å²) in [6.07, 6.45) is 1.14. The van der Waals surface area contributed by atoms with E-state index >= 15 is 0 Å². The van der Waals surface area contributed by atoms with Crippen LogP contribution in [0.2, 0.25) is 0 Å². The number of hydrogen-bond acceptors (Lipinski definition) is 3. The second-order valence-electron chi connectivity index (χ2n) is 5.28. The van der Waals surface area contributed by atoms with E-state index in [4.69, 9.17) is 4.55 Å². The molecule has 2 unspecified atom stereocenters. The number of carbonyl (C=O) groups excluding carboxylic acids is 1. The van der Waals surface area contributed by atoms with Crippen LogP contribution in [0.5, 0.6) is 0 Å². The minimum atomic E-state index is -4.05. The molecule has 0 aromatic heterocycles. The minimum Gasteiger partial charge on any atom is -0.349 e. The monoisotopic (exact) mass is 263 g/mol. The largest absolute Gasteiger partial charge is 0.349 e. The molecule has 0 rings (SSSR count). The molecular weight excluding hydrogens is 242 g/mol. The van der Waals surface area contributed by atoms with Crippen LogP contribution in [0, 0.1) is 11.3 Å². The molecule has 2 N–H and O–H groups in total. The molecule has 0 aliphatic heterocycles. The number of hydrogen-bond donors (Lipinski definition) is 2. The van der Waals surface area contributed by atoms with E-state index in [1.807, 2.05) is 20.8 Å². The quantitative estimate of drug-likeness (QED) is 0.577. The average molecular weight is 263 g/mol. The Morgan fingerprint density at radius 1 is 1.47 bits per heavy atom. The van der Waals surface area contributed by atoms with Crippen molar-refractivity contribution >= 4 is 16.0 Å². The van der Waals surface area contributed by atoms with Crippen molar-refractivity contribution in [3.8, 4) is 0 Å². The third-order valence-electron chi connectivity index (χ3n) is 2.46. The first-order chi connectivity index (χ1) is 7.47. The van der Waals surface area contributed by atoms with Crippen LogP contribution in [0.4, 0.5) is 0 Å². The standard InChI is InChI=1S/C11H21NO4S/c1-6-9(13)12-10(11(3,4)5)8(2)7-17(14,15)16/h6,8,10H,1,7H2,2-5H3,(H,12,13)(H,14,15,16). The van der Waals surface area contributed by atoms with Crippen molar-refractivity contribution in [2.75, 3.05) is 5.75 Å². The Morgan fingerprint density at radius 3 is 2.24 bits per heavy atom. The van der Waals surface area contributed by atoms with Gasteiger partial charge >= 0.3 is 0 Å². The van der Waals surface area contributed by atoms with Gasteiger partial charge < -0.3 is 5.32 Å². The molecule has 0 fully saturated rings. The molecule has 0 aliphatic carbocycles. The molecule has 2 atom stereocenters. The van der Waals surface area contributed by atoms with Gasteiger partial charge in [0.1, 0.15) is 0 Å². The van der Waals surface area contributed by atoms with E-state index in [0.717, 1.165) is 6.08 Å². The first-order valence-corrected chi connectivity index (χ1v) is 6.96. The zero-order valence-electron chi connectivity index (χ0n) is 10.7. The normalized spacial score (nSPS) is 16.1. The Morgan fingerprint density at radius 2 is 1.94 bits per heavy atom. The van der Waals surface area contributed by atoms with Gasteiger partial charge in [0.15, 0.2) is 0 Å². The molecule has 100 valence electrons. The zero-order chi connectivity index (χ0) is 13.9. The van der Waals surface area contributed by atoms with Crippen molar-refractivity contribution in [3.63, 3.8) is 0 Å². The van der Waals surface area contributed by atoms with Gasteiger partial charge in [-0.1, -0.05) is 34.3 Å². The van der Waals surface area contributed by atoms with Crippen LogP contribution < -0.4 is 5.32 Å². The third kappa shape index (κ3) is 6.43. The topological polar surface area (TPSA) is 83.5 Å². The molecule has 17 heavy (non-hydrogen) atoms. The van der Waals surface area contributed by atoms with Gasteiger partial charge in [0.2, 0.25) is 5.91 Å². The molecule has 5 nitrogen and oxygen atoms in total. The lowest BCUT2D eigenvalue weighted by Gasteiger charge is -2.35. The van der Waals surface area contributed by atoms with Gasteiger partial charge in [-0.05, 0) is 17.4 Å². The maximum absolute atomic E-state index is 11.3. The summed E-state index contributed by atoms with van der Waals surface area (Å²) >= 11 is 0. The Kier molecular flexibility index (Phi) is 5.35. The highest BCUT2D eigenvalue weighted by atomic mass is 32.2. The molecule has 1 amide bonds. The van der Waals surface area contributed by atoms with Crippen molar-refractivity contribution in [2.24, 2.45) is 11.3 Å². The molecule has 0 aromatic carbocycles. The van der Waals surface area contributed by atoms with Crippen LogP contribution in [0.25, 0.3) is 0 Å². The van der Waals surface area contributed by atoms with Crippen LogP contribution in [0.3, 0.4) is 0 Å². The van der Waals surface area contributed by atoms with Crippen LogP contribution in [-0.4, -0.2) is 30.7 Å². The van der Waals surface area contributed by atoms with E-state index in [0.29, 0.717) is 0 Å². The van der Waals surface area contributed by atoms with Gasteiger partial charge in [0, 0.05) is 6.04 Å². The van der Waals surface area contributed by atoms with Crippen LogP contribution in [0.1, 0.15) is 27.7 Å². The lowest BCUT2D eigenvalue weighted by Crippen LogP contribution is -2.49. The summed E-state index contributed by atoms with van der Waals surface area (Å²) in [6, 6.07) is -0.366. The van der Waals surface area contributed by atoms with Gasteiger partial charge in [-0.2, -0.15) is 8.42 Å². The van der Waals surface area contributed by atoms with Crippen molar-refractivity contribution in [1.82, 2.24) is 5.32 Å². The van der Waals surface area contributed by atoms with Gasteiger partial charge in [0.05, 0.1) is 5.75 Å². The zero-order valence-corrected chi connectivity index (χ0v) is 11.5. The maximum atomic E-state index is 11.3. The highest BCUT2D eigenvalue weighted by molar-refractivity contribution is 7.85. The van der Waals surface area contributed by atoms with Gasteiger partial charge in [-0.3, -0.25) is 9.35 Å². The van der Waals surface area contributed by atoms with Crippen LogP contribution in [-0.2, 0) is 14.9 Å². The lowest BCUT2D eigenvalue weighted by atomic mass is 9.80. The fraction of sp³-hybridized carbons (Fsp3) is 0.727. The van der Waals surface area contributed by atoms with E-state index in [-0.39, 0.29) is 23.1 Å². The Hall–Kier alpha value is -0.880. The number of amides is 1. The van der Waals surface area contributed by atoms with Crippen molar-refractivity contribution in [2.45, 2.75) is 33.7 Å². The predicted octanol–water partition coefficient (Wildman–Crippen LogP) is 1.23. The summed E-state index contributed by atoms with van der Waals surface area (Å²) in [5.41, 5.74) is -0.317. The molecule has 0 aromatic rings. The molecule has 6 heteroatoms.